The Morgan fingerprint density at radius 2 is 2.12 bits per heavy atom. The Kier molecular flexibility index (Phi) is 6.50. The first-order chi connectivity index (χ1) is 13.4. The number of aliphatic hydroxyl groups excluding tert-OH is 3. The Morgan fingerprint density at radius 3 is 2.65 bits per heavy atom. The summed E-state index contributed by atoms with van der Waals surface area (Å²) in [6, 6.07) is -1.74. The minimum atomic E-state index is -2.40. The third kappa shape index (κ3) is 4.66. The number of thioether (sulfide) groups is 1. The molecule has 0 aliphatic carbocycles. The lowest BCUT2D eigenvalue weighted by atomic mass is 9.92. The molecule has 0 aromatic carbocycles. The number of nitrogens with zero attached hydrogens (tertiary/aromatic N) is 1. The number of alkyl halides is 1. The van der Waals surface area contributed by atoms with Crippen LogP contribution in [0.2, 0.25) is 0 Å². The van der Waals surface area contributed by atoms with E-state index in [0.717, 1.165) is 18.2 Å². The minimum Gasteiger partial charge on any atom is -0.388 e. The maximum Gasteiger partial charge on any atom is 0.237 e. The molecule has 26 heavy (non-hydrogen) atoms. The second kappa shape index (κ2) is 9.41. The lowest BCUT2D eigenvalue weighted by Crippen LogP contribution is -2.65. The number of aliphatic hydroxyl groups is 3. The van der Waals surface area contributed by atoms with E-state index in [-0.39, 0.29) is 5.92 Å². The highest BCUT2D eigenvalue weighted by molar-refractivity contribution is 7.99. The molecule has 152 valence electrons. The molecule has 2 rings (SSSR count). The fraction of sp³-hybridized carbons (Fsp3) is 0.941. The molecule has 2 aliphatic heterocycles. The lowest BCUT2D eigenvalue weighted by Gasteiger charge is -2.44. The van der Waals surface area contributed by atoms with Gasteiger partial charge in [0.05, 0.1) is 17.5 Å². The summed E-state index contributed by atoms with van der Waals surface area (Å²) < 4.78 is 28.9. The molecule has 7 nitrogen and oxygen atoms in total. The quantitative estimate of drug-likeness (QED) is 0.454. The van der Waals surface area contributed by atoms with Crippen LogP contribution in [0.3, 0.4) is 0 Å². The van der Waals surface area contributed by atoms with E-state index in [2.05, 4.69) is 5.32 Å². The molecule has 2 fully saturated rings. The second-order valence-electron chi connectivity index (χ2n) is 7.07. The van der Waals surface area contributed by atoms with Crippen LogP contribution in [0.4, 0.5) is 0 Å². The Bertz CT molecular complexity index is 572. The Morgan fingerprint density at radius 1 is 1.42 bits per heavy atom. The molecule has 0 aromatic rings. The van der Waals surface area contributed by atoms with Crippen molar-refractivity contribution >= 4 is 29.3 Å². The summed E-state index contributed by atoms with van der Waals surface area (Å²) in [7, 11) is 0. The van der Waals surface area contributed by atoms with Crippen LogP contribution in [0, 0.1) is 5.92 Å². The average Bonchev–Trinajstić information content (AvgIpc) is 3.10. The van der Waals surface area contributed by atoms with Crippen LogP contribution in [0.5, 0.6) is 0 Å². The largest absolute Gasteiger partial charge is 0.388 e. The van der Waals surface area contributed by atoms with E-state index in [1.54, 1.807) is 13.2 Å². The van der Waals surface area contributed by atoms with Crippen molar-refractivity contribution in [1.29, 1.82) is 0 Å². The molecule has 2 saturated heterocycles. The van der Waals surface area contributed by atoms with Gasteiger partial charge in [-0.3, -0.25) is 9.69 Å². The molecule has 1 amide bonds. The number of hydrogen-bond donors (Lipinski definition) is 4. The summed E-state index contributed by atoms with van der Waals surface area (Å²) in [5.74, 6) is -0.417. The van der Waals surface area contributed by atoms with E-state index in [1.165, 1.54) is 4.90 Å². The molecule has 2 aliphatic rings. The van der Waals surface area contributed by atoms with Gasteiger partial charge in [-0.15, -0.1) is 23.4 Å². The van der Waals surface area contributed by atoms with Crippen molar-refractivity contribution in [3.63, 3.8) is 0 Å². The molecular formula is C17H31ClN2O5S. The zero-order valence-corrected chi connectivity index (χ0v) is 16.8. The standard InChI is InChI=1S/C17H31ClN2O5S/c1-5-9-6-10(20(3)7-9)16(24)19-11(8(2)18)15-13(22)12(21)14(23)17(25-15)26-4/h8-15,17,21-23H,5-7H2,1-4H3,(H,19,24)/t8-,9-,10+,11-,12+,13-,14-,15-,17-/m1/s1/i3D3. The van der Waals surface area contributed by atoms with E-state index in [4.69, 9.17) is 20.5 Å². The molecule has 4 N–H and O–H groups in total. The number of carbonyl (C=O) groups excluding carboxylic acids is 1. The summed E-state index contributed by atoms with van der Waals surface area (Å²) in [5.41, 5.74) is -0.803. The topological polar surface area (TPSA) is 102 Å². The van der Waals surface area contributed by atoms with Gasteiger partial charge in [0.2, 0.25) is 5.91 Å². The van der Waals surface area contributed by atoms with Gasteiger partial charge >= 0.3 is 0 Å². The van der Waals surface area contributed by atoms with E-state index < -0.39 is 60.2 Å². The molecule has 2 heterocycles. The molecule has 0 spiro atoms. The van der Waals surface area contributed by atoms with Gasteiger partial charge in [-0.25, -0.2) is 0 Å². The number of ether oxygens (including phenoxy) is 1. The molecule has 0 unspecified atom stereocenters. The smallest absolute Gasteiger partial charge is 0.237 e. The molecule has 0 aromatic heterocycles. The van der Waals surface area contributed by atoms with Crippen molar-refractivity contribution in [3.05, 3.63) is 0 Å². The number of likely N-dealkylation sites (N-methyl/N-ethyl adjacent to an activating group) is 1. The van der Waals surface area contributed by atoms with Crippen LogP contribution < -0.4 is 5.32 Å². The van der Waals surface area contributed by atoms with Crippen LogP contribution >= 0.6 is 23.4 Å². The van der Waals surface area contributed by atoms with Crippen LogP contribution in [-0.4, -0.2) is 93.2 Å². The number of rotatable bonds is 6. The zero-order chi connectivity index (χ0) is 22.1. The van der Waals surface area contributed by atoms with Gasteiger partial charge in [-0.2, -0.15) is 0 Å². The zero-order valence-electron chi connectivity index (χ0n) is 18.2. The van der Waals surface area contributed by atoms with Crippen molar-refractivity contribution in [2.75, 3.05) is 19.8 Å². The molecule has 0 radical (unpaired) electrons. The highest BCUT2D eigenvalue weighted by Crippen LogP contribution is 2.31. The van der Waals surface area contributed by atoms with Gasteiger partial charge in [-0.1, -0.05) is 13.3 Å². The highest BCUT2D eigenvalue weighted by Gasteiger charge is 2.48. The Labute approximate surface area is 168 Å². The maximum absolute atomic E-state index is 13.0. The SMILES string of the molecule is [2H]C([2H])([2H])N1C[C@H](CC)C[C@H]1C(=O)N[C@@H]([C@H]1O[C@H](SC)[C@H](O)[C@@H](O)[C@H]1O)[C@@H](C)Cl. The summed E-state index contributed by atoms with van der Waals surface area (Å²) in [4.78, 5) is 14.2. The Hall–Kier alpha value is -0.0900. The van der Waals surface area contributed by atoms with Gasteiger partial charge < -0.3 is 25.4 Å². The first-order valence-corrected chi connectivity index (χ1v) is 10.6. The van der Waals surface area contributed by atoms with Gasteiger partial charge in [-0.05, 0) is 32.5 Å². The van der Waals surface area contributed by atoms with E-state index in [1.807, 2.05) is 6.92 Å². The minimum absolute atomic E-state index is 0.0902. The molecular weight excluding hydrogens is 380 g/mol. The number of amides is 1. The van der Waals surface area contributed by atoms with E-state index >= 15 is 0 Å². The van der Waals surface area contributed by atoms with Gasteiger partial charge in [0.1, 0.15) is 29.9 Å². The number of carbonyl (C=O) groups is 1. The number of halogens is 1. The van der Waals surface area contributed by atoms with Crippen molar-refractivity contribution < 1.29 is 29.0 Å². The van der Waals surface area contributed by atoms with E-state index in [0.29, 0.717) is 13.0 Å². The van der Waals surface area contributed by atoms with Crippen LogP contribution in [0.15, 0.2) is 0 Å². The van der Waals surface area contributed by atoms with Crippen molar-refractivity contribution in [3.8, 4) is 0 Å². The highest BCUT2D eigenvalue weighted by atomic mass is 35.5. The number of likely N-dealkylation sites (tertiary alicyclic amines) is 1. The molecule has 9 atom stereocenters. The third-order valence-corrected chi connectivity index (χ3v) is 6.39. The van der Waals surface area contributed by atoms with Gasteiger partial charge in [0.15, 0.2) is 0 Å². The van der Waals surface area contributed by atoms with Crippen molar-refractivity contribution in [2.24, 2.45) is 5.92 Å². The van der Waals surface area contributed by atoms with E-state index in [9.17, 15) is 20.1 Å². The Balaban J connectivity index is 2.20. The maximum atomic E-state index is 13.0. The predicted octanol–water partition coefficient (Wildman–Crippen LogP) is -0.000600. The third-order valence-electron chi connectivity index (χ3n) is 5.26. The van der Waals surface area contributed by atoms with Crippen LogP contribution in [0.25, 0.3) is 0 Å². The first-order valence-electron chi connectivity index (χ1n) is 10.4. The van der Waals surface area contributed by atoms with Crippen molar-refractivity contribution in [2.45, 2.75) is 74.0 Å². The van der Waals surface area contributed by atoms with Crippen LogP contribution in [-0.2, 0) is 9.53 Å². The lowest BCUT2D eigenvalue weighted by molar-refractivity contribution is -0.205. The van der Waals surface area contributed by atoms with Gasteiger partial charge in [0, 0.05) is 10.7 Å². The predicted molar refractivity (Wildman–Crippen MR) is 102 cm³/mol. The fourth-order valence-corrected chi connectivity index (χ4v) is 4.44. The monoisotopic (exact) mass is 413 g/mol. The fourth-order valence-electron chi connectivity index (χ4n) is 3.55. The summed E-state index contributed by atoms with van der Waals surface area (Å²) >= 11 is 7.43. The number of nitrogens with one attached hydrogen (secondary N) is 1. The normalized spacial score (nSPS) is 43.2. The van der Waals surface area contributed by atoms with Gasteiger partial charge in [0.25, 0.3) is 0 Å². The van der Waals surface area contributed by atoms with Crippen molar-refractivity contribution in [1.82, 2.24) is 10.2 Å². The summed E-state index contributed by atoms with van der Waals surface area (Å²) in [5, 5.41) is 32.7. The molecule has 9 heteroatoms. The average molecular weight is 414 g/mol. The summed E-state index contributed by atoms with van der Waals surface area (Å²) in [6.45, 7) is 1.46. The first kappa shape index (κ1) is 18.0. The number of hydrogen-bond acceptors (Lipinski definition) is 7. The molecule has 0 saturated carbocycles. The molecule has 0 bridgehead atoms. The summed E-state index contributed by atoms with van der Waals surface area (Å²) in [6.07, 6.45) is -2.43. The van der Waals surface area contributed by atoms with Crippen LogP contribution in [0.1, 0.15) is 30.8 Å². The second-order valence-corrected chi connectivity index (χ2v) is 8.69.